The zero-order valence-electron chi connectivity index (χ0n) is 12.2. The summed E-state index contributed by atoms with van der Waals surface area (Å²) < 4.78 is 0. The molecule has 1 aliphatic rings. The average Bonchev–Trinajstić information content (AvgIpc) is 2.71. The predicted molar refractivity (Wildman–Crippen MR) is 82.7 cm³/mol. The molecule has 1 aromatic rings. The molecule has 3 nitrogen and oxygen atoms in total. The second-order valence-electron chi connectivity index (χ2n) is 5.42. The molecule has 19 heavy (non-hydrogen) atoms. The number of nitrogens with one attached hydrogen (secondary N) is 1. The Kier molecular flexibility index (Phi) is 6.82. The first-order valence-electron chi connectivity index (χ1n) is 7.75. The molecule has 0 aromatic carbocycles. The topological polar surface area (TPSA) is 28.2 Å². The van der Waals surface area contributed by atoms with E-state index in [1.165, 1.54) is 62.4 Å². The van der Waals surface area contributed by atoms with E-state index in [0.29, 0.717) is 0 Å². The Bertz CT molecular complexity index is 343. The second-order valence-corrected chi connectivity index (χ2v) is 6.36. The van der Waals surface area contributed by atoms with Gasteiger partial charge >= 0.3 is 0 Å². The summed E-state index contributed by atoms with van der Waals surface area (Å²) in [7, 11) is 0. The molecule has 1 aliphatic heterocycles. The van der Waals surface area contributed by atoms with Gasteiger partial charge in [-0.3, -0.25) is 0 Å². The first-order chi connectivity index (χ1) is 9.38. The molecule has 0 unspecified atom stereocenters. The Balaban J connectivity index is 1.70. The number of likely N-dealkylation sites (tertiary alicyclic amines) is 1. The number of rotatable bonds is 7. The third-order valence-electron chi connectivity index (χ3n) is 3.67. The van der Waals surface area contributed by atoms with Crippen molar-refractivity contribution in [2.45, 2.75) is 52.0 Å². The fourth-order valence-electron chi connectivity index (χ4n) is 2.55. The van der Waals surface area contributed by atoms with Gasteiger partial charge < -0.3 is 10.2 Å². The van der Waals surface area contributed by atoms with Crippen LogP contribution in [0.15, 0.2) is 5.38 Å². The first-order valence-corrected chi connectivity index (χ1v) is 8.63. The van der Waals surface area contributed by atoms with E-state index >= 15 is 0 Å². The number of hydrogen-bond acceptors (Lipinski definition) is 4. The van der Waals surface area contributed by atoms with Crippen LogP contribution in [0.2, 0.25) is 0 Å². The van der Waals surface area contributed by atoms with E-state index in [4.69, 9.17) is 4.98 Å². The van der Waals surface area contributed by atoms with Crippen molar-refractivity contribution >= 4 is 11.3 Å². The van der Waals surface area contributed by atoms with Crippen molar-refractivity contribution in [3.05, 3.63) is 16.1 Å². The maximum absolute atomic E-state index is 4.72. The molecule has 0 saturated carbocycles. The van der Waals surface area contributed by atoms with Gasteiger partial charge in [0.05, 0.1) is 10.7 Å². The van der Waals surface area contributed by atoms with Gasteiger partial charge in [0.1, 0.15) is 0 Å². The van der Waals surface area contributed by atoms with Crippen molar-refractivity contribution in [3.63, 3.8) is 0 Å². The van der Waals surface area contributed by atoms with E-state index in [0.717, 1.165) is 19.5 Å². The maximum atomic E-state index is 4.72. The minimum Gasteiger partial charge on any atom is -0.311 e. The van der Waals surface area contributed by atoms with Crippen LogP contribution in [0, 0.1) is 0 Å². The van der Waals surface area contributed by atoms with Gasteiger partial charge in [0, 0.05) is 24.9 Å². The third kappa shape index (κ3) is 5.59. The SMILES string of the molecule is CCCNCc1csc(CCN2CCCCCC2)n1. The van der Waals surface area contributed by atoms with Crippen molar-refractivity contribution in [2.75, 3.05) is 26.2 Å². The summed E-state index contributed by atoms with van der Waals surface area (Å²) in [5.41, 5.74) is 1.21. The molecule has 0 radical (unpaired) electrons. The van der Waals surface area contributed by atoms with Crippen LogP contribution < -0.4 is 5.32 Å². The lowest BCUT2D eigenvalue weighted by Gasteiger charge is -2.18. The molecule has 0 aliphatic carbocycles. The third-order valence-corrected chi connectivity index (χ3v) is 4.63. The van der Waals surface area contributed by atoms with E-state index in [1.54, 1.807) is 0 Å². The fraction of sp³-hybridized carbons (Fsp3) is 0.800. The lowest BCUT2D eigenvalue weighted by Crippen LogP contribution is -2.26. The Labute approximate surface area is 121 Å². The van der Waals surface area contributed by atoms with Crippen molar-refractivity contribution in [1.29, 1.82) is 0 Å². The Morgan fingerprint density at radius 1 is 1.26 bits per heavy atom. The van der Waals surface area contributed by atoms with Crippen LogP contribution in [0.5, 0.6) is 0 Å². The lowest BCUT2D eigenvalue weighted by molar-refractivity contribution is 0.288. The monoisotopic (exact) mass is 281 g/mol. The summed E-state index contributed by atoms with van der Waals surface area (Å²) >= 11 is 1.82. The summed E-state index contributed by atoms with van der Waals surface area (Å²) in [5, 5.41) is 6.92. The highest BCUT2D eigenvalue weighted by atomic mass is 32.1. The number of thiazole rings is 1. The highest BCUT2D eigenvalue weighted by Gasteiger charge is 2.10. The van der Waals surface area contributed by atoms with Gasteiger partial charge in [-0.05, 0) is 38.9 Å². The quantitative estimate of drug-likeness (QED) is 0.779. The molecule has 2 rings (SSSR count). The molecule has 108 valence electrons. The van der Waals surface area contributed by atoms with Crippen LogP contribution in [0.4, 0.5) is 0 Å². The molecule has 0 spiro atoms. The van der Waals surface area contributed by atoms with E-state index in [2.05, 4.69) is 22.5 Å². The van der Waals surface area contributed by atoms with E-state index in [1.807, 2.05) is 11.3 Å². The largest absolute Gasteiger partial charge is 0.311 e. The van der Waals surface area contributed by atoms with Gasteiger partial charge in [0.25, 0.3) is 0 Å². The molecular weight excluding hydrogens is 254 g/mol. The molecular formula is C15H27N3S. The second kappa shape index (κ2) is 8.67. The minimum atomic E-state index is 0.925. The zero-order valence-corrected chi connectivity index (χ0v) is 13.0. The summed E-state index contributed by atoms with van der Waals surface area (Å²) in [5.74, 6) is 0. The fourth-order valence-corrected chi connectivity index (χ4v) is 3.34. The molecule has 1 saturated heterocycles. The summed E-state index contributed by atoms with van der Waals surface area (Å²) in [6.45, 7) is 7.97. The molecule has 2 heterocycles. The van der Waals surface area contributed by atoms with Crippen LogP contribution in [-0.4, -0.2) is 36.1 Å². The normalized spacial score (nSPS) is 17.5. The summed E-state index contributed by atoms with van der Waals surface area (Å²) in [6.07, 6.45) is 7.90. The van der Waals surface area contributed by atoms with E-state index in [-0.39, 0.29) is 0 Å². The minimum absolute atomic E-state index is 0.925. The van der Waals surface area contributed by atoms with Crippen LogP contribution >= 0.6 is 11.3 Å². The van der Waals surface area contributed by atoms with Gasteiger partial charge in [0.2, 0.25) is 0 Å². The molecule has 1 aromatic heterocycles. The summed E-state index contributed by atoms with van der Waals surface area (Å²) in [6, 6.07) is 0. The molecule has 1 N–H and O–H groups in total. The van der Waals surface area contributed by atoms with Gasteiger partial charge in [-0.15, -0.1) is 11.3 Å². The van der Waals surface area contributed by atoms with Gasteiger partial charge in [-0.25, -0.2) is 4.98 Å². The molecule has 0 amide bonds. The van der Waals surface area contributed by atoms with Gasteiger partial charge in [0.15, 0.2) is 0 Å². The average molecular weight is 281 g/mol. The molecule has 1 fully saturated rings. The Morgan fingerprint density at radius 2 is 2.05 bits per heavy atom. The smallest absolute Gasteiger partial charge is 0.0941 e. The highest BCUT2D eigenvalue weighted by Crippen LogP contribution is 2.13. The maximum Gasteiger partial charge on any atom is 0.0941 e. The molecule has 4 heteroatoms. The lowest BCUT2D eigenvalue weighted by atomic mass is 10.2. The highest BCUT2D eigenvalue weighted by molar-refractivity contribution is 7.09. The standard InChI is InChI=1S/C15H27N3S/c1-2-8-16-12-14-13-19-15(17-14)7-11-18-9-5-3-4-6-10-18/h13,16H,2-12H2,1H3. The van der Waals surface area contributed by atoms with Gasteiger partial charge in [-0.2, -0.15) is 0 Å². The number of aromatic nitrogens is 1. The summed E-state index contributed by atoms with van der Waals surface area (Å²) in [4.78, 5) is 7.33. The van der Waals surface area contributed by atoms with Crippen LogP contribution in [0.3, 0.4) is 0 Å². The predicted octanol–water partition coefficient (Wildman–Crippen LogP) is 3.06. The van der Waals surface area contributed by atoms with Crippen LogP contribution in [0.25, 0.3) is 0 Å². The van der Waals surface area contributed by atoms with Crippen molar-refractivity contribution in [3.8, 4) is 0 Å². The van der Waals surface area contributed by atoms with Crippen molar-refractivity contribution < 1.29 is 0 Å². The van der Waals surface area contributed by atoms with E-state index < -0.39 is 0 Å². The molecule has 0 bridgehead atoms. The zero-order chi connectivity index (χ0) is 13.3. The van der Waals surface area contributed by atoms with Crippen molar-refractivity contribution in [2.24, 2.45) is 0 Å². The Morgan fingerprint density at radius 3 is 2.79 bits per heavy atom. The molecule has 0 atom stereocenters. The number of nitrogens with zero attached hydrogens (tertiary/aromatic N) is 2. The Hall–Kier alpha value is -0.450. The van der Waals surface area contributed by atoms with Crippen LogP contribution in [-0.2, 0) is 13.0 Å². The van der Waals surface area contributed by atoms with Gasteiger partial charge in [-0.1, -0.05) is 19.8 Å². The first kappa shape index (κ1) is 14.9. The van der Waals surface area contributed by atoms with Crippen LogP contribution in [0.1, 0.15) is 49.7 Å². The number of hydrogen-bond donors (Lipinski definition) is 1. The van der Waals surface area contributed by atoms with Crippen molar-refractivity contribution in [1.82, 2.24) is 15.2 Å². The van der Waals surface area contributed by atoms with E-state index in [9.17, 15) is 0 Å².